The summed E-state index contributed by atoms with van der Waals surface area (Å²) in [5.74, 6) is -8.91. The van der Waals surface area contributed by atoms with Crippen LogP contribution in [0.1, 0.15) is 106 Å². The number of hydrogen-bond donors (Lipinski definition) is 6. The van der Waals surface area contributed by atoms with Gasteiger partial charge in [-0.05, 0) is 58.3 Å². The van der Waals surface area contributed by atoms with Crippen molar-refractivity contribution in [3.8, 4) is 0 Å². The van der Waals surface area contributed by atoms with Gasteiger partial charge in [0, 0.05) is 68.9 Å². The van der Waals surface area contributed by atoms with Crippen molar-refractivity contribution in [1.82, 2.24) is 30.4 Å². The van der Waals surface area contributed by atoms with Gasteiger partial charge >= 0.3 is 0 Å². The van der Waals surface area contributed by atoms with Gasteiger partial charge in [-0.3, -0.25) is 38.4 Å². The normalized spacial score (nSPS) is 20.2. The topological polar surface area (TPSA) is 279 Å². The summed E-state index contributed by atoms with van der Waals surface area (Å²) in [5, 5.41) is 25.8. The predicted molar refractivity (Wildman–Crippen MR) is 217 cm³/mol. The van der Waals surface area contributed by atoms with Gasteiger partial charge in [0.05, 0.1) is 43.0 Å². The van der Waals surface area contributed by atoms with E-state index >= 15 is 0 Å². The number of aliphatic hydroxyl groups excluding tert-OH is 2. The van der Waals surface area contributed by atoms with Gasteiger partial charge in [-0.2, -0.15) is 0 Å². The smallest absolute Gasteiger partial charge is 0.245 e. The Balaban J connectivity index is 1.70. The Morgan fingerprint density at radius 3 is 1.95 bits per heavy atom. The number of aromatic amines is 1. The molecule has 5 amide bonds. The standard InChI is InChI=1S/C42H65N7O11/c1-22(2)29(38(43)56)17-35(53)25(6)46-39(57)27(15-28-19-44-21-45-28)16-36(54)32(20-50)47-40(58)30(23(3)4)18-37(55)33-10-8-12-48(33)42(60)34-11-9-13-49(34)41(59)31(26(7)52)14-24(5)51/h19,21-23,25-27,29-34,50,52H,8-18,20H2,1-7H3,(H2,43,56)(H,44,45)(H,46,57)(H,47,58)/t25-,26?,27+,29-,30-,31-,32-,33-,34-/m0/s1. The van der Waals surface area contributed by atoms with Gasteiger partial charge in [0.25, 0.3) is 0 Å². The molecule has 2 fully saturated rings. The quantitative estimate of drug-likeness (QED) is 0.0826. The van der Waals surface area contributed by atoms with E-state index in [9.17, 15) is 53.4 Å². The summed E-state index contributed by atoms with van der Waals surface area (Å²) in [6.45, 7) is 10.9. The lowest BCUT2D eigenvalue weighted by Gasteiger charge is -2.33. The fourth-order valence-corrected chi connectivity index (χ4v) is 8.10. The van der Waals surface area contributed by atoms with E-state index in [0.29, 0.717) is 31.4 Å². The summed E-state index contributed by atoms with van der Waals surface area (Å²) in [6, 6.07) is -4.16. The highest BCUT2D eigenvalue weighted by atomic mass is 16.3. The van der Waals surface area contributed by atoms with Crippen LogP contribution in [-0.4, -0.2) is 133 Å². The molecule has 1 unspecified atom stereocenters. The number of nitrogens with two attached hydrogens (primary N) is 1. The third-order valence-corrected chi connectivity index (χ3v) is 11.9. The number of amides is 5. The maximum absolute atomic E-state index is 14.0. The Morgan fingerprint density at radius 1 is 0.800 bits per heavy atom. The molecule has 1 aromatic rings. The van der Waals surface area contributed by atoms with Crippen molar-refractivity contribution in [2.75, 3.05) is 19.7 Å². The van der Waals surface area contributed by atoms with Crippen LogP contribution in [0.4, 0.5) is 0 Å². The number of nitrogens with zero attached hydrogens (tertiary/aromatic N) is 3. The number of aromatic nitrogens is 2. The van der Waals surface area contributed by atoms with E-state index in [1.54, 1.807) is 27.7 Å². The van der Waals surface area contributed by atoms with E-state index in [1.807, 2.05) is 0 Å². The van der Waals surface area contributed by atoms with Crippen molar-refractivity contribution in [3.05, 3.63) is 18.2 Å². The Bertz CT molecular complexity index is 1710. The van der Waals surface area contributed by atoms with Gasteiger partial charge in [0.15, 0.2) is 17.3 Å². The minimum Gasteiger partial charge on any atom is -0.394 e. The highest BCUT2D eigenvalue weighted by Crippen LogP contribution is 2.30. The number of imidazole rings is 1. The fraction of sp³-hybridized carbons (Fsp3) is 0.714. The number of likely N-dealkylation sites (tertiary alicyclic amines) is 2. The third kappa shape index (κ3) is 13.3. The Labute approximate surface area is 351 Å². The maximum Gasteiger partial charge on any atom is 0.245 e. The molecule has 0 bridgehead atoms. The van der Waals surface area contributed by atoms with E-state index in [4.69, 9.17) is 5.73 Å². The Hall–Kier alpha value is -4.84. The molecule has 334 valence electrons. The van der Waals surface area contributed by atoms with Gasteiger partial charge in [-0.1, -0.05) is 27.7 Å². The summed E-state index contributed by atoms with van der Waals surface area (Å²) in [7, 11) is 0. The first kappa shape index (κ1) is 49.5. The van der Waals surface area contributed by atoms with Gasteiger partial charge in [0.2, 0.25) is 29.5 Å². The second-order valence-corrected chi connectivity index (χ2v) is 17.2. The number of aliphatic hydroxyl groups is 2. The highest BCUT2D eigenvalue weighted by Gasteiger charge is 2.45. The van der Waals surface area contributed by atoms with Gasteiger partial charge in [-0.25, -0.2) is 4.98 Å². The lowest BCUT2D eigenvalue weighted by molar-refractivity contribution is -0.150. The van der Waals surface area contributed by atoms with Crippen molar-refractivity contribution in [3.63, 3.8) is 0 Å². The Kier molecular flexibility index (Phi) is 18.7. The summed E-state index contributed by atoms with van der Waals surface area (Å²) in [5.41, 5.74) is 5.99. The maximum atomic E-state index is 14.0. The number of Topliss-reactive ketones (excluding diaryl/α,β-unsaturated/α-hetero) is 4. The minimum atomic E-state index is -1.43. The molecule has 18 heteroatoms. The molecule has 3 rings (SSSR count). The largest absolute Gasteiger partial charge is 0.394 e. The lowest BCUT2D eigenvalue weighted by atomic mass is 9.87. The number of nitrogens with one attached hydrogen (secondary N) is 3. The molecule has 0 saturated carbocycles. The van der Waals surface area contributed by atoms with E-state index in [2.05, 4.69) is 20.6 Å². The molecule has 60 heavy (non-hydrogen) atoms. The van der Waals surface area contributed by atoms with Crippen LogP contribution in [0, 0.1) is 35.5 Å². The van der Waals surface area contributed by atoms with Gasteiger partial charge in [-0.15, -0.1) is 0 Å². The summed E-state index contributed by atoms with van der Waals surface area (Å²) in [6.07, 6.45) is 2.48. The van der Waals surface area contributed by atoms with E-state index in [1.165, 1.54) is 43.1 Å². The molecule has 2 saturated heterocycles. The molecule has 2 aliphatic rings. The second-order valence-electron chi connectivity index (χ2n) is 17.2. The average molecular weight is 844 g/mol. The van der Waals surface area contributed by atoms with Crippen LogP contribution in [0.2, 0.25) is 0 Å². The van der Waals surface area contributed by atoms with Crippen molar-refractivity contribution in [1.29, 1.82) is 0 Å². The van der Waals surface area contributed by atoms with Crippen LogP contribution in [0.25, 0.3) is 0 Å². The molecule has 0 radical (unpaired) electrons. The highest BCUT2D eigenvalue weighted by molar-refractivity contribution is 5.98. The number of carbonyl (C=O) groups excluding carboxylic acids is 9. The summed E-state index contributed by atoms with van der Waals surface area (Å²) >= 11 is 0. The zero-order chi connectivity index (χ0) is 45.0. The van der Waals surface area contributed by atoms with Crippen molar-refractivity contribution in [2.45, 2.75) is 137 Å². The van der Waals surface area contributed by atoms with Gasteiger partial charge < -0.3 is 46.2 Å². The van der Waals surface area contributed by atoms with Crippen LogP contribution >= 0.6 is 0 Å². The zero-order valence-corrected chi connectivity index (χ0v) is 36.0. The molecule has 9 atom stereocenters. The van der Waals surface area contributed by atoms with Crippen LogP contribution in [0.5, 0.6) is 0 Å². The minimum absolute atomic E-state index is 0.00649. The molecular weight excluding hydrogens is 778 g/mol. The summed E-state index contributed by atoms with van der Waals surface area (Å²) in [4.78, 5) is 129. The number of rotatable bonds is 24. The van der Waals surface area contributed by atoms with Crippen LogP contribution in [0.15, 0.2) is 12.5 Å². The predicted octanol–water partition coefficient (Wildman–Crippen LogP) is 0.416. The molecule has 18 nitrogen and oxygen atoms in total. The Morgan fingerprint density at radius 2 is 1.42 bits per heavy atom. The van der Waals surface area contributed by atoms with Gasteiger partial charge in [0.1, 0.15) is 17.9 Å². The number of primary amides is 1. The molecule has 0 aromatic carbocycles. The van der Waals surface area contributed by atoms with Crippen molar-refractivity contribution in [2.24, 2.45) is 41.2 Å². The molecular formula is C42H65N7O11. The number of H-pyrrole nitrogens is 1. The molecule has 1 aromatic heterocycles. The van der Waals surface area contributed by atoms with Crippen molar-refractivity contribution < 1.29 is 53.4 Å². The summed E-state index contributed by atoms with van der Waals surface area (Å²) < 4.78 is 0. The fourth-order valence-electron chi connectivity index (χ4n) is 8.10. The first-order valence-corrected chi connectivity index (χ1v) is 21.0. The number of carbonyl (C=O) groups is 9. The van der Waals surface area contributed by atoms with E-state index < -0.39 is 114 Å². The second kappa shape index (κ2) is 22.7. The molecule has 2 aliphatic heterocycles. The monoisotopic (exact) mass is 843 g/mol. The SMILES string of the molecule is CC(=O)C[C@H](C(=O)N1CCC[C@H]1C(=O)N1CCC[C@H]1C(=O)C[C@H](C(=O)N[C@@H](CO)C(=O)C[C@@H](Cc1cnc[nH]1)C(=O)N[C@@H](C)C(=O)C[C@H](C(N)=O)C(C)C)C(C)C)C(C)O. The average Bonchev–Trinajstić information content (AvgIpc) is 3.98. The molecule has 7 N–H and O–H groups in total. The first-order valence-electron chi connectivity index (χ1n) is 21.0. The van der Waals surface area contributed by atoms with Crippen LogP contribution in [0.3, 0.4) is 0 Å². The molecule has 3 heterocycles. The molecule has 0 spiro atoms. The van der Waals surface area contributed by atoms with E-state index in [0.717, 1.165) is 0 Å². The molecule has 0 aliphatic carbocycles. The van der Waals surface area contributed by atoms with E-state index in [-0.39, 0.29) is 56.3 Å². The zero-order valence-electron chi connectivity index (χ0n) is 36.0. The number of ketones is 4. The first-order chi connectivity index (χ1) is 28.2. The van der Waals surface area contributed by atoms with Crippen molar-refractivity contribution >= 4 is 52.7 Å². The lowest BCUT2D eigenvalue weighted by Crippen LogP contribution is -2.53. The van der Waals surface area contributed by atoms with Crippen LogP contribution in [-0.2, 0) is 49.6 Å². The number of hydrogen-bond acceptors (Lipinski definition) is 12. The van der Waals surface area contributed by atoms with Crippen LogP contribution < -0.4 is 16.4 Å². The third-order valence-electron chi connectivity index (χ3n) is 11.9.